The zero-order chi connectivity index (χ0) is 37.5. The smallest absolute Gasteiger partial charge is 0.323 e. The van der Waals surface area contributed by atoms with Gasteiger partial charge in [0.2, 0.25) is 23.6 Å². The fourth-order valence-electron chi connectivity index (χ4n) is 7.12. The highest BCUT2D eigenvalue weighted by Crippen LogP contribution is 2.28. The molecule has 0 bridgehead atoms. The molecule has 4 rings (SSSR count). The first-order valence-electron chi connectivity index (χ1n) is 18.7. The van der Waals surface area contributed by atoms with Crippen LogP contribution in [0.25, 0.3) is 0 Å². The lowest BCUT2D eigenvalue weighted by atomic mass is 9.88. The highest BCUT2D eigenvalue weighted by molar-refractivity contribution is 5.95. The van der Waals surface area contributed by atoms with Crippen LogP contribution in [0.15, 0.2) is 60.7 Å². The molecule has 0 aromatic heterocycles. The van der Waals surface area contributed by atoms with Gasteiger partial charge >= 0.3 is 5.97 Å². The van der Waals surface area contributed by atoms with Crippen LogP contribution < -0.4 is 32.7 Å². The number of carboxylic acid groups (broad SMARTS) is 1. The van der Waals surface area contributed by atoms with E-state index in [0.29, 0.717) is 32.4 Å². The van der Waals surface area contributed by atoms with Gasteiger partial charge in [0.05, 0.1) is 6.54 Å². The third-order valence-electron chi connectivity index (χ3n) is 10.4. The molecule has 1 aliphatic carbocycles. The molecular weight excluding hydrogens is 662 g/mol. The number of carbonyl (C=O) groups excluding carboxylic acids is 4. The van der Waals surface area contributed by atoms with Crippen LogP contribution in [0.2, 0.25) is 0 Å². The molecular formula is C39H57N7O6. The standard InChI is InChI=1S/C39H57N7O6/c1-27(29-14-6-3-7-15-29)25-42-26-33(47)43-32(24-28-12-4-2-5-13-28)35(48)45-34(30-16-8-9-17-30)36(49)44-31(18-10-11-21-40)37(50)46-22-19-39(41,20-23-46)38(51)52/h2-7,12-15,27,30-32,34,42H,8-11,16-26,40-41H2,1H3,(H,43,47)(H,44,49)(H,45,48)(H,51,52)/t27-,31+,32+,34?/m0/s1. The van der Waals surface area contributed by atoms with E-state index in [9.17, 15) is 29.1 Å². The Bertz CT molecular complexity index is 1460. The van der Waals surface area contributed by atoms with Crippen LogP contribution in [0.1, 0.15) is 81.8 Å². The van der Waals surface area contributed by atoms with Crippen molar-refractivity contribution in [3.8, 4) is 0 Å². The number of nitrogens with zero attached hydrogens (tertiary/aromatic N) is 1. The topological polar surface area (TPSA) is 209 Å². The van der Waals surface area contributed by atoms with Crippen LogP contribution in [-0.2, 0) is 30.4 Å². The van der Waals surface area contributed by atoms with Gasteiger partial charge in [-0.1, -0.05) is 80.4 Å². The van der Waals surface area contributed by atoms with Crippen molar-refractivity contribution in [3.63, 3.8) is 0 Å². The molecule has 1 heterocycles. The number of aliphatic carboxylic acids is 1. The van der Waals surface area contributed by atoms with Crippen molar-refractivity contribution in [2.45, 2.75) is 101 Å². The fourth-order valence-corrected chi connectivity index (χ4v) is 7.12. The molecule has 0 spiro atoms. The first-order chi connectivity index (χ1) is 25.0. The summed E-state index contributed by atoms with van der Waals surface area (Å²) >= 11 is 0. The van der Waals surface area contributed by atoms with Gasteiger partial charge in [-0.25, -0.2) is 0 Å². The molecule has 1 saturated carbocycles. The zero-order valence-electron chi connectivity index (χ0n) is 30.4. The first kappa shape index (κ1) is 40.4. The van der Waals surface area contributed by atoms with Gasteiger partial charge in [-0.05, 0) is 74.5 Å². The van der Waals surface area contributed by atoms with Crippen molar-refractivity contribution in [1.29, 1.82) is 0 Å². The van der Waals surface area contributed by atoms with E-state index in [1.807, 2.05) is 60.7 Å². The fraction of sp³-hybridized carbons (Fsp3) is 0.564. The number of unbranched alkanes of at least 4 members (excludes halogenated alkanes) is 1. The number of carboxylic acids is 1. The highest BCUT2D eigenvalue weighted by Gasteiger charge is 2.41. The van der Waals surface area contributed by atoms with Crippen LogP contribution in [0, 0.1) is 5.92 Å². The lowest BCUT2D eigenvalue weighted by Crippen LogP contribution is -2.61. The summed E-state index contributed by atoms with van der Waals surface area (Å²) in [5.74, 6) is -2.63. The van der Waals surface area contributed by atoms with Gasteiger partial charge in [0, 0.05) is 26.1 Å². The van der Waals surface area contributed by atoms with E-state index in [-0.39, 0.29) is 62.5 Å². The molecule has 4 atom stereocenters. The van der Waals surface area contributed by atoms with Crippen LogP contribution in [0.3, 0.4) is 0 Å². The minimum atomic E-state index is -1.39. The largest absolute Gasteiger partial charge is 0.480 e. The SMILES string of the molecule is C[C@@H](CNCC(=O)N[C@H](Cc1ccccc1)C(=O)NC(C(=O)N[C@H](CCCCN)C(=O)N1CCC(N)(C(=O)O)CC1)C1CCCC1)c1ccccc1. The maximum Gasteiger partial charge on any atom is 0.323 e. The Morgan fingerprint density at radius 2 is 1.50 bits per heavy atom. The quantitative estimate of drug-likeness (QED) is 0.106. The maximum absolute atomic E-state index is 14.1. The van der Waals surface area contributed by atoms with Gasteiger partial charge in [0.25, 0.3) is 0 Å². The predicted molar refractivity (Wildman–Crippen MR) is 199 cm³/mol. The second-order valence-corrected chi connectivity index (χ2v) is 14.4. The van der Waals surface area contributed by atoms with E-state index in [2.05, 4.69) is 28.2 Å². The van der Waals surface area contributed by atoms with Crippen LogP contribution in [-0.4, -0.2) is 96.0 Å². The first-order valence-corrected chi connectivity index (χ1v) is 18.7. The predicted octanol–water partition coefficient (Wildman–Crippen LogP) is 1.80. The molecule has 13 heteroatoms. The number of nitrogens with two attached hydrogens (primary N) is 2. The van der Waals surface area contributed by atoms with E-state index in [4.69, 9.17) is 11.5 Å². The Labute approximate surface area is 307 Å². The van der Waals surface area contributed by atoms with Crippen LogP contribution >= 0.6 is 0 Å². The number of nitrogens with one attached hydrogen (secondary N) is 4. The molecule has 1 saturated heterocycles. The maximum atomic E-state index is 14.1. The number of rotatable bonds is 19. The number of hydrogen-bond donors (Lipinski definition) is 7. The molecule has 52 heavy (non-hydrogen) atoms. The summed E-state index contributed by atoms with van der Waals surface area (Å²) in [7, 11) is 0. The molecule has 0 radical (unpaired) electrons. The van der Waals surface area contributed by atoms with Crippen molar-refractivity contribution < 1.29 is 29.1 Å². The van der Waals surface area contributed by atoms with Gasteiger partial charge in [0.1, 0.15) is 23.7 Å². The molecule has 4 amide bonds. The van der Waals surface area contributed by atoms with E-state index < -0.39 is 41.4 Å². The summed E-state index contributed by atoms with van der Waals surface area (Å²) in [6.45, 7) is 3.43. The van der Waals surface area contributed by atoms with Gasteiger partial charge in [-0.3, -0.25) is 24.0 Å². The Balaban J connectivity index is 1.45. The van der Waals surface area contributed by atoms with Crippen LogP contribution in [0.4, 0.5) is 0 Å². The molecule has 13 nitrogen and oxygen atoms in total. The van der Waals surface area contributed by atoms with E-state index in [1.54, 1.807) is 4.90 Å². The van der Waals surface area contributed by atoms with E-state index in [0.717, 1.165) is 36.8 Å². The lowest BCUT2D eigenvalue weighted by molar-refractivity contribution is -0.148. The molecule has 2 aromatic rings. The summed E-state index contributed by atoms with van der Waals surface area (Å²) in [6.07, 6.45) is 5.35. The summed E-state index contributed by atoms with van der Waals surface area (Å²) in [4.78, 5) is 68.3. The average molecular weight is 720 g/mol. The van der Waals surface area contributed by atoms with Crippen molar-refractivity contribution in [3.05, 3.63) is 71.8 Å². The van der Waals surface area contributed by atoms with Crippen molar-refractivity contribution in [2.75, 3.05) is 32.7 Å². The zero-order valence-corrected chi connectivity index (χ0v) is 30.4. The normalized spacial score (nSPS) is 18.1. The number of amides is 4. The summed E-state index contributed by atoms with van der Waals surface area (Å²) in [5.41, 5.74) is 12.4. The average Bonchev–Trinajstić information content (AvgIpc) is 3.68. The van der Waals surface area contributed by atoms with Gasteiger partial charge in [-0.15, -0.1) is 0 Å². The van der Waals surface area contributed by atoms with E-state index in [1.165, 1.54) is 0 Å². The minimum Gasteiger partial charge on any atom is -0.480 e. The molecule has 1 unspecified atom stereocenters. The number of benzene rings is 2. The molecule has 1 aliphatic heterocycles. The van der Waals surface area contributed by atoms with Gasteiger partial charge < -0.3 is 42.7 Å². The Morgan fingerprint density at radius 1 is 0.865 bits per heavy atom. The number of hydrogen-bond acceptors (Lipinski definition) is 8. The molecule has 2 aliphatic rings. The second-order valence-electron chi connectivity index (χ2n) is 14.4. The van der Waals surface area contributed by atoms with Crippen molar-refractivity contribution in [1.82, 2.24) is 26.2 Å². The summed E-state index contributed by atoms with van der Waals surface area (Å²) in [6, 6.07) is 16.7. The number of carbonyl (C=O) groups is 5. The minimum absolute atomic E-state index is 0.0170. The van der Waals surface area contributed by atoms with Gasteiger partial charge in [-0.2, -0.15) is 0 Å². The number of likely N-dealkylation sites (tertiary alicyclic amines) is 1. The van der Waals surface area contributed by atoms with Crippen LogP contribution in [0.5, 0.6) is 0 Å². The summed E-state index contributed by atoms with van der Waals surface area (Å²) in [5, 5.41) is 21.6. The molecule has 2 fully saturated rings. The molecule has 2 aromatic carbocycles. The Hall–Kier alpha value is -4.33. The monoisotopic (exact) mass is 719 g/mol. The number of piperidine rings is 1. The van der Waals surface area contributed by atoms with Gasteiger partial charge in [0.15, 0.2) is 0 Å². The van der Waals surface area contributed by atoms with Crippen molar-refractivity contribution in [2.24, 2.45) is 17.4 Å². The Kier molecular flexibility index (Phi) is 15.6. The van der Waals surface area contributed by atoms with E-state index >= 15 is 0 Å². The third-order valence-corrected chi connectivity index (χ3v) is 10.4. The van der Waals surface area contributed by atoms with Crippen molar-refractivity contribution >= 4 is 29.6 Å². The highest BCUT2D eigenvalue weighted by atomic mass is 16.4. The Morgan fingerprint density at radius 3 is 2.12 bits per heavy atom. The molecule has 284 valence electrons. The second kappa shape index (κ2) is 20.1. The lowest BCUT2D eigenvalue weighted by Gasteiger charge is -2.38. The summed E-state index contributed by atoms with van der Waals surface area (Å²) < 4.78 is 0. The molecule has 9 N–H and O–H groups in total. The third kappa shape index (κ3) is 11.9.